The summed E-state index contributed by atoms with van der Waals surface area (Å²) >= 11 is 0. The molecule has 3 aliphatic carbocycles. The highest BCUT2D eigenvalue weighted by Crippen LogP contribution is 2.65. The third-order valence-corrected chi connectivity index (χ3v) is 7.09. The second-order valence-electron chi connectivity index (χ2n) is 8.02. The van der Waals surface area contributed by atoms with Crippen molar-refractivity contribution in [1.82, 2.24) is 5.32 Å². The summed E-state index contributed by atoms with van der Waals surface area (Å²) in [5.74, 6) is 0.978. The SMILES string of the molecule is CC1(C)C2CCC1(C)C(NC1CCCCCC1)C2. The molecule has 1 N–H and O–H groups in total. The first-order chi connectivity index (χ1) is 8.54. The molecule has 3 rings (SSSR count). The van der Waals surface area contributed by atoms with E-state index in [1.54, 1.807) is 0 Å². The highest BCUT2D eigenvalue weighted by molar-refractivity contribution is 5.13. The maximum Gasteiger partial charge on any atom is 0.0131 e. The van der Waals surface area contributed by atoms with Gasteiger partial charge >= 0.3 is 0 Å². The van der Waals surface area contributed by atoms with Crippen LogP contribution in [0.2, 0.25) is 0 Å². The Labute approximate surface area is 113 Å². The van der Waals surface area contributed by atoms with Crippen LogP contribution in [0.4, 0.5) is 0 Å². The van der Waals surface area contributed by atoms with Crippen LogP contribution in [0.15, 0.2) is 0 Å². The van der Waals surface area contributed by atoms with Gasteiger partial charge in [0.1, 0.15) is 0 Å². The van der Waals surface area contributed by atoms with Gasteiger partial charge < -0.3 is 5.32 Å². The third kappa shape index (κ3) is 1.85. The van der Waals surface area contributed by atoms with Crippen LogP contribution in [0.25, 0.3) is 0 Å². The predicted molar refractivity (Wildman–Crippen MR) is 77.6 cm³/mol. The Morgan fingerprint density at radius 3 is 2.06 bits per heavy atom. The molecular formula is C17H31N. The quantitative estimate of drug-likeness (QED) is 0.710. The fourth-order valence-corrected chi connectivity index (χ4v) is 5.19. The number of rotatable bonds is 2. The van der Waals surface area contributed by atoms with E-state index in [1.807, 2.05) is 0 Å². The maximum absolute atomic E-state index is 4.09. The second-order valence-corrected chi connectivity index (χ2v) is 8.02. The molecule has 3 fully saturated rings. The van der Waals surface area contributed by atoms with Crippen molar-refractivity contribution >= 4 is 0 Å². The van der Waals surface area contributed by atoms with Gasteiger partial charge in [0, 0.05) is 12.1 Å². The molecule has 3 atom stereocenters. The lowest BCUT2D eigenvalue weighted by Crippen LogP contribution is -2.48. The molecule has 1 nitrogen and oxygen atoms in total. The lowest BCUT2D eigenvalue weighted by Gasteiger charge is -2.41. The van der Waals surface area contributed by atoms with Crippen molar-refractivity contribution in [2.24, 2.45) is 16.7 Å². The van der Waals surface area contributed by atoms with Crippen molar-refractivity contribution in [3.05, 3.63) is 0 Å². The van der Waals surface area contributed by atoms with Gasteiger partial charge in [-0.2, -0.15) is 0 Å². The summed E-state index contributed by atoms with van der Waals surface area (Å²) in [5.41, 5.74) is 1.12. The van der Waals surface area contributed by atoms with E-state index in [1.165, 1.54) is 57.8 Å². The molecule has 0 aromatic carbocycles. The fourth-order valence-electron chi connectivity index (χ4n) is 5.19. The first-order valence-corrected chi connectivity index (χ1v) is 8.30. The summed E-state index contributed by atoms with van der Waals surface area (Å²) in [6.07, 6.45) is 13.1. The minimum Gasteiger partial charge on any atom is -0.311 e. The van der Waals surface area contributed by atoms with Crippen LogP contribution in [-0.4, -0.2) is 12.1 Å². The Balaban J connectivity index is 1.67. The molecule has 0 radical (unpaired) electrons. The van der Waals surface area contributed by atoms with E-state index in [-0.39, 0.29) is 0 Å². The van der Waals surface area contributed by atoms with E-state index in [2.05, 4.69) is 26.1 Å². The third-order valence-electron chi connectivity index (χ3n) is 7.09. The zero-order chi connectivity index (χ0) is 12.8. The summed E-state index contributed by atoms with van der Waals surface area (Å²) in [6.45, 7) is 7.62. The van der Waals surface area contributed by atoms with Gasteiger partial charge in [0.2, 0.25) is 0 Å². The Morgan fingerprint density at radius 1 is 0.889 bits per heavy atom. The average molecular weight is 249 g/mol. The van der Waals surface area contributed by atoms with Crippen molar-refractivity contribution in [3.63, 3.8) is 0 Å². The molecule has 104 valence electrons. The number of hydrogen-bond acceptors (Lipinski definition) is 1. The van der Waals surface area contributed by atoms with Gasteiger partial charge in [0.15, 0.2) is 0 Å². The molecule has 1 heteroatoms. The van der Waals surface area contributed by atoms with Gasteiger partial charge in [-0.05, 0) is 48.9 Å². The molecule has 0 spiro atoms. The molecule has 3 aliphatic rings. The average Bonchev–Trinajstić information content (AvgIpc) is 2.62. The molecule has 3 saturated carbocycles. The van der Waals surface area contributed by atoms with Crippen LogP contribution in [0.5, 0.6) is 0 Å². The minimum absolute atomic E-state index is 0.559. The van der Waals surface area contributed by atoms with Crippen molar-refractivity contribution in [2.75, 3.05) is 0 Å². The second kappa shape index (κ2) is 4.51. The van der Waals surface area contributed by atoms with E-state index in [4.69, 9.17) is 0 Å². The summed E-state index contributed by atoms with van der Waals surface area (Å²) in [5, 5.41) is 4.09. The smallest absolute Gasteiger partial charge is 0.0131 e. The van der Waals surface area contributed by atoms with Crippen molar-refractivity contribution in [1.29, 1.82) is 0 Å². The van der Waals surface area contributed by atoms with Crippen molar-refractivity contribution in [3.8, 4) is 0 Å². The molecule has 0 aliphatic heterocycles. The van der Waals surface area contributed by atoms with E-state index >= 15 is 0 Å². The molecule has 0 aromatic rings. The highest BCUT2D eigenvalue weighted by atomic mass is 15.0. The predicted octanol–water partition coefficient (Wildman–Crippen LogP) is 4.51. The summed E-state index contributed by atoms with van der Waals surface area (Å²) < 4.78 is 0. The lowest BCUT2D eigenvalue weighted by atomic mass is 9.69. The molecule has 0 heterocycles. The molecule has 0 saturated heterocycles. The van der Waals surface area contributed by atoms with Crippen LogP contribution in [-0.2, 0) is 0 Å². The van der Waals surface area contributed by atoms with E-state index in [9.17, 15) is 0 Å². The van der Waals surface area contributed by atoms with Gasteiger partial charge in [-0.1, -0.05) is 46.5 Å². The zero-order valence-corrected chi connectivity index (χ0v) is 12.6. The number of nitrogens with one attached hydrogen (secondary N) is 1. The molecular weight excluding hydrogens is 218 g/mol. The van der Waals surface area contributed by atoms with E-state index in [0.29, 0.717) is 10.8 Å². The Bertz CT molecular complexity index is 301. The fraction of sp³-hybridized carbons (Fsp3) is 1.00. The first-order valence-electron chi connectivity index (χ1n) is 8.30. The topological polar surface area (TPSA) is 12.0 Å². The van der Waals surface area contributed by atoms with E-state index < -0.39 is 0 Å². The standard InChI is InChI=1S/C17H31N/c1-16(2)13-10-11-17(16,3)15(12-13)18-14-8-6-4-5-7-9-14/h13-15,18H,4-12H2,1-3H3. The van der Waals surface area contributed by atoms with Crippen LogP contribution in [0.1, 0.15) is 78.6 Å². The Kier molecular flexibility index (Phi) is 3.25. The zero-order valence-electron chi connectivity index (χ0n) is 12.6. The largest absolute Gasteiger partial charge is 0.311 e. The molecule has 3 unspecified atom stereocenters. The van der Waals surface area contributed by atoms with Crippen LogP contribution < -0.4 is 5.32 Å². The highest BCUT2D eigenvalue weighted by Gasteiger charge is 2.61. The van der Waals surface area contributed by atoms with Gasteiger partial charge in [0.05, 0.1) is 0 Å². The van der Waals surface area contributed by atoms with Crippen molar-refractivity contribution in [2.45, 2.75) is 90.6 Å². The van der Waals surface area contributed by atoms with Gasteiger partial charge in [-0.25, -0.2) is 0 Å². The summed E-state index contributed by atoms with van der Waals surface area (Å²) in [4.78, 5) is 0. The minimum atomic E-state index is 0.559. The molecule has 2 bridgehead atoms. The normalized spacial score (nSPS) is 44.2. The van der Waals surface area contributed by atoms with E-state index in [0.717, 1.165) is 18.0 Å². The molecule has 0 aromatic heterocycles. The van der Waals surface area contributed by atoms with Gasteiger partial charge in [-0.15, -0.1) is 0 Å². The lowest BCUT2D eigenvalue weighted by molar-refractivity contribution is 0.113. The van der Waals surface area contributed by atoms with Crippen LogP contribution in [0.3, 0.4) is 0 Å². The molecule has 18 heavy (non-hydrogen) atoms. The van der Waals surface area contributed by atoms with Crippen molar-refractivity contribution < 1.29 is 0 Å². The van der Waals surface area contributed by atoms with Crippen LogP contribution in [0, 0.1) is 16.7 Å². The molecule has 0 amide bonds. The Hall–Kier alpha value is -0.0400. The number of fused-ring (bicyclic) bond motifs is 2. The monoisotopic (exact) mass is 249 g/mol. The Morgan fingerprint density at radius 2 is 1.56 bits per heavy atom. The maximum atomic E-state index is 4.09. The number of hydrogen-bond donors (Lipinski definition) is 1. The van der Waals surface area contributed by atoms with Gasteiger partial charge in [0.25, 0.3) is 0 Å². The first kappa shape index (κ1) is 13.0. The summed E-state index contributed by atoms with van der Waals surface area (Å²) in [6, 6.07) is 1.62. The van der Waals surface area contributed by atoms with Gasteiger partial charge in [-0.3, -0.25) is 0 Å². The van der Waals surface area contributed by atoms with Crippen LogP contribution >= 0.6 is 0 Å². The summed E-state index contributed by atoms with van der Waals surface area (Å²) in [7, 11) is 0.